The molecule has 0 unspecified atom stereocenters. The van der Waals surface area contributed by atoms with Crippen LogP contribution in [0.25, 0.3) is 0 Å². The van der Waals surface area contributed by atoms with Gasteiger partial charge in [0.25, 0.3) is 0 Å². The molecule has 0 heterocycles. The van der Waals surface area contributed by atoms with Gasteiger partial charge in [-0.15, -0.1) is 11.6 Å². The minimum Gasteiger partial charge on any atom is -0.122 e. The maximum absolute atomic E-state index is 5.76. The number of rotatable bonds is 2. The second-order valence-electron chi connectivity index (χ2n) is 3.47. The molecule has 0 spiro atoms. The van der Waals surface area contributed by atoms with Crippen molar-refractivity contribution in [1.29, 1.82) is 0 Å². The highest BCUT2D eigenvalue weighted by atomic mass is 35.5. The summed E-state index contributed by atoms with van der Waals surface area (Å²) >= 11 is 5.76. The molecule has 1 aromatic rings. The highest BCUT2D eigenvalue weighted by Gasteiger charge is 2.01. The molecule has 12 heavy (non-hydrogen) atoms. The number of aryl methyl sites for hydroxylation is 1. The third kappa shape index (κ3) is 2.01. The van der Waals surface area contributed by atoms with Gasteiger partial charge in [-0.3, -0.25) is 0 Å². The summed E-state index contributed by atoms with van der Waals surface area (Å²) in [6.07, 6.45) is 0. The molecule has 0 bridgehead atoms. The predicted molar refractivity (Wildman–Crippen MR) is 54.8 cm³/mol. The van der Waals surface area contributed by atoms with Gasteiger partial charge in [0.2, 0.25) is 0 Å². The number of hydrogen-bond acceptors (Lipinski definition) is 0. The van der Waals surface area contributed by atoms with Gasteiger partial charge in [0.15, 0.2) is 0 Å². The SMILES string of the molecule is Cc1cc(C(C)C)ccc1CCl. The number of alkyl halides is 1. The first kappa shape index (κ1) is 9.60. The van der Waals surface area contributed by atoms with Crippen LogP contribution in [0.4, 0.5) is 0 Å². The van der Waals surface area contributed by atoms with E-state index in [0.29, 0.717) is 11.8 Å². The van der Waals surface area contributed by atoms with Gasteiger partial charge in [0, 0.05) is 5.88 Å². The molecule has 0 N–H and O–H groups in total. The Morgan fingerprint density at radius 2 is 2.00 bits per heavy atom. The van der Waals surface area contributed by atoms with Crippen LogP contribution in [0.5, 0.6) is 0 Å². The first-order valence-electron chi connectivity index (χ1n) is 4.30. The van der Waals surface area contributed by atoms with E-state index in [1.807, 2.05) is 0 Å². The molecule has 0 atom stereocenters. The molecule has 0 aliphatic rings. The Morgan fingerprint density at radius 1 is 1.33 bits per heavy atom. The molecule has 1 heteroatoms. The Morgan fingerprint density at radius 3 is 2.42 bits per heavy atom. The molecule has 0 nitrogen and oxygen atoms in total. The smallest absolute Gasteiger partial charge is 0.0476 e. The summed E-state index contributed by atoms with van der Waals surface area (Å²) in [5.41, 5.74) is 3.93. The highest BCUT2D eigenvalue weighted by molar-refractivity contribution is 6.17. The van der Waals surface area contributed by atoms with Crippen LogP contribution in [-0.4, -0.2) is 0 Å². The minimum absolute atomic E-state index is 0.605. The minimum atomic E-state index is 0.605. The lowest BCUT2D eigenvalue weighted by atomic mass is 9.99. The zero-order valence-corrected chi connectivity index (χ0v) is 8.65. The molecule has 0 saturated heterocycles. The third-order valence-corrected chi connectivity index (χ3v) is 2.47. The first-order valence-corrected chi connectivity index (χ1v) is 4.84. The van der Waals surface area contributed by atoms with Gasteiger partial charge in [-0.05, 0) is 29.5 Å². The fraction of sp³-hybridized carbons (Fsp3) is 0.455. The Hall–Kier alpha value is -0.490. The zero-order chi connectivity index (χ0) is 9.14. The second kappa shape index (κ2) is 3.95. The number of halogens is 1. The van der Waals surface area contributed by atoms with Crippen LogP contribution in [0, 0.1) is 6.92 Å². The summed E-state index contributed by atoms with van der Waals surface area (Å²) in [6, 6.07) is 6.51. The Bertz CT molecular complexity index is 264. The van der Waals surface area contributed by atoms with Crippen molar-refractivity contribution in [2.45, 2.75) is 32.6 Å². The summed E-state index contributed by atoms with van der Waals surface area (Å²) in [4.78, 5) is 0. The standard InChI is InChI=1S/C11H15Cl/c1-8(2)10-4-5-11(7-12)9(3)6-10/h4-6,8H,7H2,1-3H3. The summed E-state index contributed by atoms with van der Waals surface area (Å²) in [7, 11) is 0. The van der Waals surface area contributed by atoms with E-state index in [4.69, 9.17) is 11.6 Å². The van der Waals surface area contributed by atoms with Gasteiger partial charge < -0.3 is 0 Å². The highest BCUT2D eigenvalue weighted by Crippen LogP contribution is 2.19. The van der Waals surface area contributed by atoms with Crippen molar-refractivity contribution in [2.75, 3.05) is 0 Å². The van der Waals surface area contributed by atoms with Crippen LogP contribution >= 0.6 is 11.6 Å². The average molecular weight is 183 g/mol. The van der Waals surface area contributed by atoms with E-state index in [-0.39, 0.29) is 0 Å². The van der Waals surface area contributed by atoms with Crippen molar-refractivity contribution in [3.05, 3.63) is 34.9 Å². The molecule has 0 saturated carbocycles. The van der Waals surface area contributed by atoms with E-state index in [2.05, 4.69) is 39.0 Å². The van der Waals surface area contributed by atoms with Crippen LogP contribution in [0.1, 0.15) is 36.5 Å². The van der Waals surface area contributed by atoms with Gasteiger partial charge in [0.1, 0.15) is 0 Å². The zero-order valence-electron chi connectivity index (χ0n) is 7.89. The third-order valence-electron chi connectivity index (χ3n) is 2.18. The number of hydrogen-bond donors (Lipinski definition) is 0. The van der Waals surface area contributed by atoms with Gasteiger partial charge in [0.05, 0.1) is 0 Å². The largest absolute Gasteiger partial charge is 0.122 e. The molecule has 0 aliphatic heterocycles. The molecule has 0 fully saturated rings. The van der Waals surface area contributed by atoms with E-state index >= 15 is 0 Å². The fourth-order valence-electron chi connectivity index (χ4n) is 1.23. The van der Waals surface area contributed by atoms with E-state index < -0.39 is 0 Å². The maximum Gasteiger partial charge on any atom is 0.0476 e. The van der Waals surface area contributed by atoms with Crippen molar-refractivity contribution in [1.82, 2.24) is 0 Å². The second-order valence-corrected chi connectivity index (χ2v) is 3.74. The van der Waals surface area contributed by atoms with Crippen molar-refractivity contribution in [3.63, 3.8) is 0 Å². The molecule has 0 aliphatic carbocycles. The molecule has 0 aromatic heterocycles. The lowest BCUT2D eigenvalue weighted by Gasteiger charge is -2.08. The van der Waals surface area contributed by atoms with Crippen LogP contribution in [0.3, 0.4) is 0 Å². The van der Waals surface area contributed by atoms with Gasteiger partial charge in [-0.2, -0.15) is 0 Å². The van der Waals surface area contributed by atoms with Crippen LogP contribution in [0.2, 0.25) is 0 Å². The van der Waals surface area contributed by atoms with Crippen molar-refractivity contribution < 1.29 is 0 Å². The molecular formula is C11H15Cl. The Labute approximate surface area is 79.6 Å². The fourth-order valence-corrected chi connectivity index (χ4v) is 1.53. The maximum atomic E-state index is 5.76. The molecule has 0 amide bonds. The van der Waals surface area contributed by atoms with Crippen molar-refractivity contribution in [3.8, 4) is 0 Å². The number of benzene rings is 1. The quantitative estimate of drug-likeness (QED) is 0.610. The molecule has 66 valence electrons. The van der Waals surface area contributed by atoms with Crippen molar-refractivity contribution in [2.24, 2.45) is 0 Å². The first-order chi connectivity index (χ1) is 5.65. The topological polar surface area (TPSA) is 0 Å². The van der Waals surface area contributed by atoms with Gasteiger partial charge in [-0.1, -0.05) is 32.0 Å². The van der Waals surface area contributed by atoms with E-state index in [1.165, 1.54) is 16.7 Å². The van der Waals surface area contributed by atoms with E-state index in [9.17, 15) is 0 Å². The normalized spacial score (nSPS) is 10.8. The van der Waals surface area contributed by atoms with Gasteiger partial charge in [-0.25, -0.2) is 0 Å². The molecular weight excluding hydrogens is 168 g/mol. The van der Waals surface area contributed by atoms with Gasteiger partial charge >= 0.3 is 0 Å². The molecule has 0 radical (unpaired) electrons. The monoisotopic (exact) mass is 182 g/mol. The van der Waals surface area contributed by atoms with E-state index in [0.717, 1.165) is 0 Å². The lowest BCUT2D eigenvalue weighted by molar-refractivity contribution is 0.863. The molecule has 1 aromatic carbocycles. The predicted octanol–water partition coefficient (Wildman–Crippen LogP) is 3.86. The van der Waals surface area contributed by atoms with Crippen LogP contribution in [0.15, 0.2) is 18.2 Å². The Balaban J connectivity index is 3.02. The van der Waals surface area contributed by atoms with Crippen molar-refractivity contribution >= 4 is 11.6 Å². The van der Waals surface area contributed by atoms with Crippen LogP contribution in [-0.2, 0) is 5.88 Å². The summed E-state index contributed by atoms with van der Waals surface area (Å²) in [5, 5.41) is 0. The summed E-state index contributed by atoms with van der Waals surface area (Å²) in [5.74, 6) is 1.22. The molecule has 1 rings (SSSR count). The average Bonchev–Trinajstić information content (AvgIpc) is 2.04. The summed E-state index contributed by atoms with van der Waals surface area (Å²) < 4.78 is 0. The Kier molecular flexibility index (Phi) is 3.16. The lowest BCUT2D eigenvalue weighted by Crippen LogP contribution is -1.91. The summed E-state index contributed by atoms with van der Waals surface area (Å²) in [6.45, 7) is 6.52. The van der Waals surface area contributed by atoms with Crippen LogP contribution < -0.4 is 0 Å². The van der Waals surface area contributed by atoms with E-state index in [1.54, 1.807) is 0 Å².